The number of nitrogens with two attached hydrogens (primary N) is 1. The van der Waals surface area contributed by atoms with Gasteiger partial charge < -0.3 is 10.5 Å². The van der Waals surface area contributed by atoms with Gasteiger partial charge in [0.05, 0.1) is 12.9 Å². The van der Waals surface area contributed by atoms with Gasteiger partial charge in [-0.2, -0.15) is 0 Å². The van der Waals surface area contributed by atoms with E-state index in [-0.39, 0.29) is 5.25 Å². The first kappa shape index (κ1) is 13.0. The summed E-state index contributed by atoms with van der Waals surface area (Å²) in [7, 11) is 0.747. The van der Waals surface area contributed by atoms with E-state index in [0.29, 0.717) is 11.4 Å². The lowest BCUT2D eigenvalue weighted by Gasteiger charge is -2.12. The Morgan fingerprint density at radius 3 is 2.75 bits per heavy atom. The molecule has 1 aromatic carbocycles. The van der Waals surface area contributed by atoms with Gasteiger partial charge in [0.1, 0.15) is 5.75 Å². The predicted octanol–water partition coefficient (Wildman–Crippen LogP) is 2.32. The van der Waals surface area contributed by atoms with Crippen molar-refractivity contribution in [1.29, 1.82) is 0 Å². The lowest BCUT2D eigenvalue weighted by molar-refractivity contribution is 0.411. The normalized spacial score (nSPS) is 14.4. The third kappa shape index (κ3) is 3.23. The van der Waals surface area contributed by atoms with Crippen molar-refractivity contribution in [3.8, 4) is 5.75 Å². The van der Waals surface area contributed by atoms with E-state index < -0.39 is 10.8 Å². The fraction of sp³-hybridized carbons (Fsp3) is 0.500. The third-order valence-electron chi connectivity index (χ3n) is 2.63. The van der Waals surface area contributed by atoms with Gasteiger partial charge in [0.25, 0.3) is 0 Å². The van der Waals surface area contributed by atoms with Crippen LogP contribution < -0.4 is 10.5 Å². The third-order valence-corrected chi connectivity index (χ3v) is 4.46. The number of hydrogen-bond acceptors (Lipinski definition) is 3. The van der Waals surface area contributed by atoms with Crippen LogP contribution in [0.2, 0.25) is 0 Å². The van der Waals surface area contributed by atoms with Gasteiger partial charge in [-0.1, -0.05) is 19.9 Å². The molecule has 0 spiro atoms. The highest BCUT2D eigenvalue weighted by atomic mass is 32.2. The molecule has 2 atom stereocenters. The summed E-state index contributed by atoms with van der Waals surface area (Å²) in [6, 6.07) is 5.46. The minimum Gasteiger partial charge on any atom is -0.496 e. The Morgan fingerprint density at radius 2 is 2.19 bits per heavy atom. The molecule has 0 saturated heterocycles. The highest BCUT2D eigenvalue weighted by Crippen LogP contribution is 2.23. The summed E-state index contributed by atoms with van der Waals surface area (Å²) in [6.07, 6.45) is 0.921. The highest BCUT2D eigenvalue weighted by Gasteiger charge is 2.12. The van der Waals surface area contributed by atoms with Gasteiger partial charge >= 0.3 is 0 Å². The molecule has 0 amide bonds. The first-order chi connectivity index (χ1) is 7.58. The molecular formula is C12H19NO2S. The van der Waals surface area contributed by atoms with Crippen LogP contribution in [0.5, 0.6) is 5.75 Å². The molecule has 0 aliphatic carbocycles. The second kappa shape index (κ2) is 5.89. The van der Waals surface area contributed by atoms with Crippen LogP contribution in [-0.4, -0.2) is 16.6 Å². The van der Waals surface area contributed by atoms with Gasteiger partial charge in [-0.05, 0) is 12.5 Å². The fourth-order valence-corrected chi connectivity index (χ4v) is 2.56. The Morgan fingerprint density at radius 1 is 1.50 bits per heavy atom. The van der Waals surface area contributed by atoms with E-state index in [1.165, 1.54) is 0 Å². The summed E-state index contributed by atoms with van der Waals surface area (Å²) in [4.78, 5) is 0. The van der Waals surface area contributed by atoms with Gasteiger partial charge in [0, 0.05) is 33.4 Å². The lowest BCUT2D eigenvalue weighted by Crippen LogP contribution is -2.11. The van der Waals surface area contributed by atoms with Crippen molar-refractivity contribution in [1.82, 2.24) is 0 Å². The highest BCUT2D eigenvalue weighted by molar-refractivity contribution is 7.84. The van der Waals surface area contributed by atoms with Gasteiger partial charge in [0.2, 0.25) is 0 Å². The Bertz CT molecular complexity index is 379. The summed E-state index contributed by atoms with van der Waals surface area (Å²) in [5.41, 5.74) is 7.28. The largest absolute Gasteiger partial charge is 0.496 e. The number of nitrogen functional groups attached to an aromatic ring is 1. The number of methoxy groups -OCH3 is 1. The molecule has 1 aromatic rings. The van der Waals surface area contributed by atoms with Crippen LogP contribution in [0, 0.1) is 0 Å². The van der Waals surface area contributed by atoms with E-state index in [1.807, 2.05) is 26.0 Å². The Kier molecular flexibility index (Phi) is 4.80. The van der Waals surface area contributed by atoms with E-state index in [9.17, 15) is 4.21 Å². The van der Waals surface area contributed by atoms with Crippen LogP contribution in [-0.2, 0) is 16.6 Å². The lowest BCUT2D eigenvalue weighted by atomic mass is 10.2. The summed E-state index contributed by atoms with van der Waals surface area (Å²) < 4.78 is 17.1. The Hall–Kier alpha value is -1.03. The van der Waals surface area contributed by atoms with Crippen molar-refractivity contribution in [3.05, 3.63) is 23.8 Å². The molecule has 2 N–H and O–H groups in total. The van der Waals surface area contributed by atoms with E-state index in [1.54, 1.807) is 13.2 Å². The van der Waals surface area contributed by atoms with E-state index in [2.05, 4.69) is 0 Å². The molecule has 0 fully saturated rings. The van der Waals surface area contributed by atoms with E-state index in [4.69, 9.17) is 10.5 Å². The molecule has 0 heterocycles. The zero-order valence-corrected chi connectivity index (χ0v) is 10.8. The summed E-state index contributed by atoms with van der Waals surface area (Å²) in [5.74, 6) is 1.25. The standard InChI is InChI=1S/C12H19NO2S/c1-4-9(2)16(14)8-10-5-6-11(13)7-12(10)15-3/h5-7,9H,4,8,13H2,1-3H3. The molecule has 2 unspecified atom stereocenters. The molecule has 1 rings (SSSR count). The molecule has 3 nitrogen and oxygen atoms in total. The second-order valence-electron chi connectivity index (χ2n) is 3.82. The minimum atomic E-state index is -0.855. The van der Waals surface area contributed by atoms with Crippen molar-refractivity contribution in [2.45, 2.75) is 31.3 Å². The zero-order valence-electron chi connectivity index (χ0n) is 10.0. The quantitative estimate of drug-likeness (QED) is 0.805. The maximum absolute atomic E-state index is 11.9. The van der Waals surface area contributed by atoms with Crippen LogP contribution in [0.3, 0.4) is 0 Å². The number of anilines is 1. The summed E-state index contributed by atoms with van der Waals surface area (Å²) >= 11 is 0. The molecule has 16 heavy (non-hydrogen) atoms. The fourth-order valence-electron chi connectivity index (χ4n) is 1.36. The first-order valence-electron chi connectivity index (χ1n) is 5.38. The first-order valence-corrected chi connectivity index (χ1v) is 6.76. The van der Waals surface area contributed by atoms with E-state index in [0.717, 1.165) is 17.7 Å². The van der Waals surface area contributed by atoms with Crippen molar-refractivity contribution in [2.24, 2.45) is 0 Å². The van der Waals surface area contributed by atoms with E-state index >= 15 is 0 Å². The SMILES string of the molecule is CCC(C)S(=O)Cc1ccc(N)cc1OC. The average Bonchev–Trinajstić information content (AvgIpc) is 2.30. The molecular weight excluding hydrogens is 222 g/mol. The van der Waals surface area contributed by atoms with Crippen LogP contribution in [0.4, 0.5) is 5.69 Å². The molecule has 0 aromatic heterocycles. The molecule has 0 radical (unpaired) electrons. The predicted molar refractivity (Wildman–Crippen MR) is 69.0 cm³/mol. The number of ether oxygens (including phenoxy) is 1. The smallest absolute Gasteiger partial charge is 0.125 e. The van der Waals surface area contributed by atoms with Crippen molar-refractivity contribution < 1.29 is 8.95 Å². The monoisotopic (exact) mass is 241 g/mol. The van der Waals surface area contributed by atoms with Crippen molar-refractivity contribution in [3.63, 3.8) is 0 Å². The number of rotatable bonds is 5. The molecule has 0 aliphatic rings. The van der Waals surface area contributed by atoms with Crippen LogP contribution in [0.15, 0.2) is 18.2 Å². The van der Waals surface area contributed by atoms with Crippen LogP contribution in [0.1, 0.15) is 25.8 Å². The second-order valence-corrected chi connectivity index (χ2v) is 5.67. The Balaban J connectivity index is 2.84. The minimum absolute atomic E-state index is 0.210. The van der Waals surface area contributed by atoms with Crippen molar-refractivity contribution in [2.75, 3.05) is 12.8 Å². The number of hydrogen-bond donors (Lipinski definition) is 1. The van der Waals surface area contributed by atoms with Crippen LogP contribution in [0.25, 0.3) is 0 Å². The molecule has 0 aliphatic heterocycles. The summed E-state index contributed by atoms with van der Waals surface area (Å²) in [6.45, 7) is 4.04. The molecule has 0 saturated carbocycles. The molecule has 0 bridgehead atoms. The average molecular weight is 241 g/mol. The van der Waals surface area contributed by atoms with Crippen molar-refractivity contribution >= 4 is 16.5 Å². The maximum atomic E-state index is 11.9. The molecule has 90 valence electrons. The topological polar surface area (TPSA) is 52.3 Å². The van der Waals surface area contributed by atoms with Gasteiger partial charge in [-0.25, -0.2) is 0 Å². The van der Waals surface area contributed by atoms with Crippen LogP contribution >= 0.6 is 0 Å². The Labute approximate surface area is 99.4 Å². The number of benzene rings is 1. The van der Waals surface area contributed by atoms with Gasteiger partial charge in [0.15, 0.2) is 0 Å². The maximum Gasteiger partial charge on any atom is 0.125 e. The summed E-state index contributed by atoms with van der Waals surface area (Å²) in [5, 5.41) is 0.210. The van der Waals surface area contributed by atoms with Gasteiger partial charge in [-0.3, -0.25) is 4.21 Å². The van der Waals surface area contributed by atoms with Gasteiger partial charge in [-0.15, -0.1) is 0 Å². The molecule has 4 heteroatoms. The zero-order chi connectivity index (χ0) is 12.1.